The van der Waals surface area contributed by atoms with Crippen molar-refractivity contribution < 1.29 is 9.13 Å². The van der Waals surface area contributed by atoms with E-state index in [1.165, 1.54) is 6.07 Å². The third kappa shape index (κ3) is 3.24. The average Bonchev–Trinajstić information content (AvgIpc) is 2.73. The number of imidazole rings is 1. The number of benzene rings is 1. The molecule has 1 N–H and O–H groups in total. The van der Waals surface area contributed by atoms with Gasteiger partial charge in [-0.15, -0.1) is 0 Å². The van der Waals surface area contributed by atoms with Gasteiger partial charge in [0.2, 0.25) is 5.95 Å². The standard InChI is InChI=1S/C13H15ClFN3O/c1-9-8-18(6-7-19-2)13(16-9)17-11-5-3-4-10(14)12(11)15/h3-5,8H,6-7H2,1-2H3,(H,16,17). The van der Waals surface area contributed by atoms with Crippen LogP contribution in [-0.4, -0.2) is 23.3 Å². The Labute approximate surface area is 116 Å². The molecule has 0 atom stereocenters. The Hall–Kier alpha value is -1.59. The van der Waals surface area contributed by atoms with Crippen molar-refractivity contribution in [1.29, 1.82) is 0 Å². The molecule has 0 saturated carbocycles. The molecular formula is C13H15ClFN3O. The van der Waals surface area contributed by atoms with E-state index >= 15 is 0 Å². The van der Waals surface area contributed by atoms with Gasteiger partial charge in [-0.1, -0.05) is 17.7 Å². The van der Waals surface area contributed by atoms with E-state index in [-0.39, 0.29) is 5.02 Å². The summed E-state index contributed by atoms with van der Waals surface area (Å²) in [5.74, 6) is 0.0822. The van der Waals surface area contributed by atoms with Gasteiger partial charge in [0.1, 0.15) is 0 Å². The molecule has 102 valence electrons. The molecular weight excluding hydrogens is 269 g/mol. The minimum Gasteiger partial charge on any atom is -0.383 e. The highest BCUT2D eigenvalue weighted by Crippen LogP contribution is 2.25. The van der Waals surface area contributed by atoms with Crippen LogP contribution in [0.3, 0.4) is 0 Å². The van der Waals surface area contributed by atoms with Crippen LogP contribution in [0.5, 0.6) is 0 Å². The SMILES string of the molecule is COCCn1cc(C)nc1Nc1cccc(Cl)c1F. The maximum Gasteiger partial charge on any atom is 0.207 e. The third-order valence-electron chi connectivity index (χ3n) is 2.63. The first kappa shape index (κ1) is 13.8. The summed E-state index contributed by atoms with van der Waals surface area (Å²) in [7, 11) is 1.63. The number of hydrogen-bond donors (Lipinski definition) is 1. The van der Waals surface area contributed by atoms with E-state index in [0.717, 1.165) is 5.69 Å². The summed E-state index contributed by atoms with van der Waals surface area (Å²) in [6, 6.07) is 4.81. The zero-order valence-corrected chi connectivity index (χ0v) is 11.5. The van der Waals surface area contributed by atoms with E-state index in [9.17, 15) is 4.39 Å². The Morgan fingerprint density at radius 2 is 2.26 bits per heavy atom. The average molecular weight is 284 g/mol. The van der Waals surface area contributed by atoms with Gasteiger partial charge in [0.15, 0.2) is 5.82 Å². The Balaban J connectivity index is 2.25. The molecule has 0 spiro atoms. The fourth-order valence-electron chi connectivity index (χ4n) is 1.73. The minimum atomic E-state index is -0.483. The van der Waals surface area contributed by atoms with Crippen molar-refractivity contribution in [2.24, 2.45) is 0 Å². The number of aromatic nitrogens is 2. The fourth-order valence-corrected chi connectivity index (χ4v) is 1.90. The van der Waals surface area contributed by atoms with Crippen molar-refractivity contribution in [2.45, 2.75) is 13.5 Å². The van der Waals surface area contributed by atoms with Crippen LogP contribution in [0.4, 0.5) is 16.0 Å². The van der Waals surface area contributed by atoms with E-state index < -0.39 is 5.82 Å². The van der Waals surface area contributed by atoms with Crippen LogP contribution in [0.25, 0.3) is 0 Å². The van der Waals surface area contributed by atoms with E-state index in [0.29, 0.717) is 24.8 Å². The molecule has 2 rings (SSSR count). The molecule has 0 radical (unpaired) electrons. The lowest BCUT2D eigenvalue weighted by Crippen LogP contribution is -2.07. The molecule has 4 nitrogen and oxygen atoms in total. The van der Waals surface area contributed by atoms with Crippen LogP contribution >= 0.6 is 11.6 Å². The lowest BCUT2D eigenvalue weighted by molar-refractivity contribution is 0.188. The Kier molecular flexibility index (Phi) is 4.39. The first-order valence-corrected chi connectivity index (χ1v) is 6.23. The summed E-state index contributed by atoms with van der Waals surface area (Å²) in [5.41, 5.74) is 1.15. The first-order valence-electron chi connectivity index (χ1n) is 5.85. The van der Waals surface area contributed by atoms with Crippen molar-refractivity contribution in [3.05, 3.63) is 40.9 Å². The third-order valence-corrected chi connectivity index (χ3v) is 2.92. The van der Waals surface area contributed by atoms with Crippen LogP contribution < -0.4 is 5.32 Å². The first-order chi connectivity index (χ1) is 9.11. The molecule has 2 aromatic rings. The molecule has 0 amide bonds. The largest absolute Gasteiger partial charge is 0.383 e. The minimum absolute atomic E-state index is 0.0803. The van der Waals surface area contributed by atoms with Crippen LogP contribution in [0.2, 0.25) is 5.02 Å². The summed E-state index contributed by atoms with van der Waals surface area (Å²) in [4.78, 5) is 4.32. The molecule has 0 bridgehead atoms. The summed E-state index contributed by atoms with van der Waals surface area (Å²) < 4.78 is 20.7. The highest BCUT2D eigenvalue weighted by atomic mass is 35.5. The summed E-state index contributed by atoms with van der Waals surface area (Å²) >= 11 is 5.75. The number of methoxy groups -OCH3 is 1. The van der Waals surface area contributed by atoms with Crippen molar-refractivity contribution in [3.8, 4) is 0 Å². The predicted molar refractivity (Wildman–Crippen MR) is 73.5 cm³/mol. The van der Waals surface area contributed by atoms with Gasteiger partial charge in [-0.05, 0) is 19.1 Å². The smallest absolute Gasteiger partial charge is 0.207 e. The number of anilines is 2. The number of hydrogen-bond acceptors (Lipinski definition) is 3. The van der Waals surface area contributed by atoms with Gasteiger partial charge in [0.05, 0.1) is 23.0 Å². The number of nitrogens with zero attached hydrogens (tertiary/aromatic N) is 2. The molecule has 19 heavy (non-hydrogen) atoms. The normalized spacial score (nSPS) is 10.7. The number of nitrogens with one attached hydrogen (secondary N) is 1. The van der Waals surface area contributed by atoms with E-state index in [4.69, 9.17) is 16.3 Å². The van der Waals surface area contributed by atoms with Crippen LogP contribution in [-0.2, 0) is 11.3 Å². The predicted octanol–water partition coefficient (Wildman–Crippen LogP) is 3.37. The summed E-state index contributed by atoms with van der Waals surface area (Å²) in [5, 5.41) is 3.03. The van der Waals surface area contributed by atoms with Crippen molar-refractivity contribution in [1.82, 2.24) is 9.55 Å². The topological polar surface area (TPSA) is 39.1 Å². The van der Waals surface area contributed by atoms with Gasteiger partial charge in [0, 0.05) is 19.9 Å². The zero-order valence-electron chi connectivity index (χ0n) is 10.8. The van der Waals surface area contributed by atoms with Crippen LogP contribution in [0.1, 0.15) is 5.69 Å². The number of halogens is 2. The molecule has 1 aromatic carbocycles. The van der Waals surface area contributed by atoms with Gasteiger partial charge in [-0.3, -0.25) is 0 Å². The van der Waals surface area contributed by atoms with Gasteiger partial charge >= 0.3 is 0 Å². The van der Waals surface area contributed by atoms with E-state index in [1.807, 2.05) is 17.7 Å². The fraction of sp³-hybridized carbons (Fsp3) is 0.308. The zero-order chi connectivity index (χ0) is 13.8. The molecule has 0 aliphatic carbocycles. The molecule has 0 fully saturated rings. The highest BCUT2D eigenvalue weighted by molar-refractivity contribution is 6.31. The second-order valence-electron chi connectivity index (χ2n) is 4.12. The second-order valence-corrected chi connectivity index (χ2v) is 4.53. The molecule has 0 aliphatic rings. The van der Waals surface area contributed by atoms with Crippen molar-refractivity contribution in [3.63, 3.8) is 0 Å². The quantitative estimate of drug-likeness (QED) is 0.914. The van der Waals surface area contributed by atoms with Crippen LogP contribution in [0.15, 0.2) is 24.4 Å². The monoisotopic (exact) mass is 283 g/mol. The Bertz CT molecular complexity index is 571. The number of ether oxygens (including phenoxy) is 1. The summed E-state index contributed by atoms with van der Waals surface area (Å²) in [6.45, 7) is 3.08. The Morgan fingerprint density at radius 3 is 3.00 bits per heavy atom. The van der Waals surface area contributed by atoms with Gasteiger partial charge < -0.3 is 14.6 Å². The Morgan fingerprint density at radius 1 is 1.47 bits per heavy atom. The molecule has 0 saturated heterocycles. The van der Waals surface area contributed by atoms with Crippen molar-refractivity contribution in [2.75, 3.05) is 19.0 Å². The molecule has 0 unspecified atom stereocenters. The van der Waals surface area contributed by atoms with E-state index in [2.05, 4.69) is 10.3 Å². The van der Waals surface area contributed by atoms with E-state index in [1.54, 1.807) is 19.2 Å². The lowest BCUT2D eigenvalue weighted by atomic mass is 10.3. The highest BCUT2D eigenvalue weighted by Gasteiger charge is 2.10. The molecule has 1 aromatic heterocycles. The van der Waals surface area contributed by atoms with Crippen molar-refractivity contribution >= 4 is 23.2 Å². The van der Waals surface area contributed by atoms with Gasteiger partial charge in [-0.2, -0.15) is 0 Å². The maximum atomic E-state index is 13.8. The molecule has 6 heteroatoms. The maximum absolute atomic E-state index is 13.8. The molecule has 0 aliphatic heterocycles. The van der Waals surface area contributed by atoms with Gasteiger partial charge in [-0.25, -0.2) is 9.37 Å². The summed E-state index contributed by atoms with van der Waals surface area (Å²) in [6.07, 6.45) is 1.88. The second kappa shape index (κ2) is 6.04. The molecule has 1 heterocycles. The lowest BCUT2D eigenvalue weighted by Gasteiger charge is -2.10. The van der Waals surface area contributed by atoms with Crippen LogP contribution in [0, 0.1) is 12.7 Å². The number of aryl methyl sites for hydroxylation is 1. The number of rotatable bonds is 5. The van der Waals surface area contributed by atoms with Gasteiger partial charge in [0.25, 0.3) is 0 Å².